The van der Waals surface area contributed by atoms with E-state index in [2.05, 4.69) is 42.4 Å². The molecule has 6 nitrogen and oxygen atoms in total. The highest BCUT2D eigenvalue weighted by atomic mass is 32.2. The molecule has 0 saturated heterocycles. The number of ether oxygens (including phenoxy) is 1. The summed E-state index contributed by atoms with van der Waals surface area (Å²) in [6, 6.07) is 2.31. The first kappa shape index (κ1) is 24.3. The lowest BCUT2D eigenvalue weighted by Crippen LogP contribution is -2.27. The standard InChI is InChI=1S/C23H36N4O2S2/c1-15(2)29-11-7-10-24-20(28)14-30-22-26-25-21(27(22)6)19-13-16-12-17(23(3,4)5)8-9-18(16)31-19/h13,15,17H,7-12,14H2,1-6H3,(H,24,28). The van der Waals surface area contributed by atoms with Gasteiger partial charge in [-0.05, 0) is 62.5 Å². The Bertz CT molecular complexity index is 883. The van der Waals surface area contributed by atoms with Crippen LogP contribution in [0.5, 0.6) is 0 Å². The summed E-state index contributed by atoms with van der Waals surface area (Å²) < 4.78 is 7.50. The molecule has 0 fully saturated rings. The van der Waals surface area contributed by atoms with E-state index in [0.717, 1.165) is 36.2 Å². The van der Waals surface area contributed by atoms with Gasteiger partial charge in [-0.15, -0.1) is 21.5 Å². The SMILES string of the molecule is CC(C)OCCCNC(=O)CSc1nnc(-c2cc3c(s2)CCC(C(C)(C)C)C3)n1C. The molecule has 1 amide bonds. The van der Waals surface area contributed by atoms with E-state index in [9.17, 15) is 4.79 Å². The van der Waals surface area contributed by atoms with Gasteiger partial charge in [0.05, 0.1) is 16.7 Å². The molecule has 1 aliphatic carbocycles. The van der Waals surface area contributed by atoms with Crippen LogP contribution in [0, 0.1) is 11.3 Å². The number of carbonyl (C=O) groups is 1. The Kier molecular flexibility index (Phi) is 8.21. The first-order valence-electron chi connectivity index (χ1n) is 11.2. The van der Waals surface area contributed by atoms with E-state index in [1.54, 1.807) is 0 Å². The summed E-state index contributed by atoms with van der Waals surface area (Å²) in [6.07, 6.45) is 4.61. The average Bonchev–Trinajstić information content (AvgIpc) is 3.27. The van der Waals surface area contributed by atoms with E-state index in [0.29, 0.717) is 24.3 Å². The lowest BCUT2D eigenvalue weighted by atomic mass is 9.72. The Morgan fingerprint density at radius 1 is 1.39 bits per heavy atom. The molecule has 0 spiro atoms. The summed E-state index contributed by atoms with van der Waals surface area (Å²) in [5, 5.41) is 12.5. The van der Waals surface area contributed by atoms with Gasteiger partial charge in [0.2, 0.25) is 5.91 Å². The van der Waals surface area contributed by atoms with Crippen molar-refractivity contribution in [2.24, 2.45) is 18.4 Å². The number of amides is 1. The Morgan fingerprint density at radius 2 is 2.16 bits per heavy atom. The monoisotopic (exact) mass is 464 g/mol. The van der Waals surface area contributed by atoms with Crippen LogP contribution in [0.1, 0.15) is 57.9 Å². The van der Waals surface area contributed by atoms with Crippen LogP contribution in [0.2, 0.25) is 0 Å². The zero-order valence-corrected chi connectivity index (χ0v) is 21.3. The van der Waals surface area contributed by atoms with Crippen LogP contribution >= 0.6 is 23.1 Å². The minimum atomic E-state index is 0.0129. The average molecular weight is 465 g/mol. The molecule has 1 N–H and O–H groups in total. The smallest absolute Gasteiger partial charge is 0.230 e. The fraction of sp³-hybridized carbons (Fsp3) is 0.696. The topological polar surface area (TPSA) is 69.0 Å². The van der Waals surface area contributed by atoms with Crippen molar-refractivity contribution in [3.8, 4) is 10.7 Å². The third-order valence-corrected chi connectivity index (χ3v) is 8.04. The minimum Gasteiger partial charge on any atom is -0.379 e. The third-order valence-electron chi connectivity index (χ3n) is 5.79. The molecule has 1 aliphatic rings. The quantitative estimate of drug-likeness (QED) is 0.430. The summed E-state index contributed by atoms with van der Waals surface area (Å²) in [5.74, 6) is 1.97. The number of fused-ring (bicyclic) bond motifs is 1. The maximum Gasteiger partial charge on any atom is 0.230 e. The number of aromatic nitrogens is 3. The van der Waals surface area contributed by atoms with E-state index in [1.165, 1.54) is 33.5 Å². The molecule has 3 rings (SSSR count). The van der Waals surface area contributed by atoms with Crippen LogP contribution in [0.4, 0.5) is 0 Å². The van der Waals surface area contributed by atoms with Gasteiger partial charge >= 0.3 is 0 Å². The molecule has 2 heterocycles. The summed E-state index contributed by atoms with van der Waals surface area (Å²) in [5.41, 5.74) is 1.82. The molecular formula is C23H36N4O2S2. The maximum atomic E-state index is 12.1. The number of carbonyl (C=O) groups excluding carboxylic acids is 1. The first-order valence-corrected chi connectivity index (χ1v) is 13.0. The summed E-state index contributed by atoms with van der Waals surface area (Å²) in [7, 11) is 1.98. The van der Waals surface area contributed by atoms with Gasteiger partial charge in [-0.2, -0.15) is 0 Å². The molecule has 0 saturated carbocycles. The van der Waals surface area contributed by atoms with E-state index in [1.807, 2.05) is 36.8 Å². The second-order valence-corrected chi connectivity index (χ2v) is 11.7. The van der Waals surface area contributed by atoms with Gasteiger partial charge in [0.15, 0.2) is 11.0 Å². The van der Waals surface area contributed by atoms with Crippen LogP contribution in [0.25, 0.3) is 10.7 Å². The number of hydrogen-bond donors (Lipinski definition) is 1. The largest absolute Gasteiger partial charge is 0.379 e. The second kappa shape index (κ2) is 10.5. The highest BCUT2D eigenvalue weighted by Crippen LogP contribution is 2.42. The molecule has 0 bridgehead atoms. The lowest BCUT2D eigenvalue weighted by Gasteiger charge is -2.33. The Hall–Kier alpha value is -1.38. The molecule has 0 aliphatic heterocycles. The van der Waals surface area contributed by atoms with Crippen LogP contribution < -0.4 is 5.32 Å². The molecular weight excluding hydrogens is 428 g/mol. The first-order chi connectivity index (χ1) is 14.6. The van der Waals surface area contributed by atoms with Gasteiger partial charge in [-0.3, -0.25) is 4.79 Å². The number of nitrogens with zero attached hydrogens (tertiary/aromatic N) is 3. The molecule has 1 atom stereocenters. The van der Waals surface area contributed by atoms with Crippen molar-refractivity contribution in [2.45, 2.75) is 71.6 Å². The van der Waals surface area contributed by atoms with Crippen molar-refractivity contribution < 1.29 is 9.53 Å². The van der Waals surface area contributed by atoms with Crippen LogP contribution in [-0.2, 0) is 29.4 Å². The van der Waals surface area contributed by atoms with Crippen LogP contribution in [0.15, 0.2) is 11.2 Å². The Morgan fingerprint density at radius 3 is 2.87 bits per heavy atom. The second-order valence-electron chi connectivity index (χ2n) is 9.64. The van der Waals surface area contributed by atoms with Gasteiger partial charge in [0.25, 0.3) is 0 Å². The maximum absolute atomic E-state index is 12.1. The molecule has 2 aromatic rings. The number of hydrogen-bond acceptors (Lipinski definition) is 6. The predicted molar refractivity (Wildman–Crippen MR) is 129 cm³/mol. The number of nitrogens with one attached hydrogen (secondary N) is 1. The van der Waals surface area contributed by atoms with E-state index < -0.39 is 0 Å². The zero-order valence-electron chi connectivity index (χ0n) is 19.7. The lowest BCUT2D eigenvalue weighted by molar-refractivity contribution is -0.118. The summed E-state index contributed by atoms with van der Waals surface area (Å²) in [4.78, 5) is 14.8. The number of aryl methyl sites for hydroxylation is 1. The summed E-state index contributed by atoms with van der Waals surface area (Å²) in [6.45, 7) is 12.4. The van der Waals surface area contributed by atoms with Gasteiger partial charge in [-0.25, -0.2) is 0 Å². The summed E-state index contributed by atoms with van der Waals surface area (Å²) >= 11 is 3.28. The molecule has 172 valence electrons. The Labute approximate surface area is 194 Å². The van der Waals surface area contributed by atoms with Gasteiger partial charge in [0, 0.05) is 25.1 Å². The molecule has 0 radical (unpaired) electrons. The van der Waals surface area contributed by atoms with Crippen molar-refractivity contribution in [2.75, 3.05) is 18.9 Å². The fourth-order valence-electron chi connectivity index (χ4n) is 3.83. The molecule has 1 unspecified atom stereocenters. The van der Waals surface area contributed by atoms with E-state index in [-0.39, 0.29) is 12.0 Å². The van der Waals surface area contributed by atoms with Crippen molar-refractivity contribution in [1.29, 1.82) is 0 Å². The molecule has 8 heteroatoms. The van der Waals surface area contributed by atoms with Gasteiger partial charge in [0.1, 0.15) is 0 Å². The Balaban J connectivity index is 1.54. The van der Waals surface area contributed by atoms with Crippen molar-refractivity contribution in [1.82, 2.24) is 20.1 Å². The number of rotatable bonds is 9. The van der Waals surface area contributed by atoms with Crippen molar-refractivity contribution >= 4 is 29.0 Å². The fourth-order valence-corrected chi connectivity index (χ4v) is 5.80. The van der Waals surface area contributed by atoms with Crippen molar-refractivity contribution in [3.63, 3.8) is 0 Å². The predicted octanol–water partition coefficient (Wildman–Crippen LogP) is 4.72. The molecule has 31 heavy (non-hydrogen) atoms. The molecule has 2 aromatic heterocycles. The number of thiophene rings is 1. The minimum absolute atomic E-state index is 0.0129. The van der Waals surface area contributed by atoms with Gasteiger partial charge < -0.3 is 14.6 Å². The van der Waals surface area contributed by atoms with Gasteiger partial charge in [-0.1, -0.05) is 32.5 Å². The van der Waals surface area contributed by atoms with Crippen LogP contribution in [-0.4, -0.2) is 45.7 Å². The molecule has 0 aromatic carbocycles. The van der Waals surface area contributed by atoms with Crippen LogP contribution in [0.3, 0.4) is 0 Å². The third kappa shape index (κ3) is 6.56. The highest BCUT2D eigenvalue weighted by Gasteiger charge is 2.30. The van der Waals surface area contributed by atoms with Crippen molar-refractivity contribution in [3.05, 3.63) is 16.5 Å². The normalized spacial score (nSPS) is 16.5. The van der Waals surface area contributed by atoms with E-state index >= 15 is 0 Å². The van der Waals surface area contributed by atoms with E-state index in [4.69, 9.17) is 4.74 Å². The zero-order chi connectivity index (χ0) is 22.6. The highest BCUT2D eigenvalue weighted by molar-refractivity contribution is 7.99. The number of thioether (sulfide) groups is 1.